The van der Waals surface area contributed by atoms with Crippen molar-refractivity contribution in [3.05, 3.63) is 6.04 Å². The average Bonchev–Trinajstić information content (AvgIpc) is 2.17. The first kappa shape index (κ1) is 10.7. The van der Waals surface area contributed by atoms with Crippen LogP contribution in [0.25, 0.3) is 0 Å². The molecule has 0 aromatic carbocycles. The molecule has 0 spiro atoms. The van der Waals surface area contributed by atoms with E-state index in [9.17, 15) is 4.79 Å². The van der Waals surface area contributed by atoms with Crippen LogP contribution < -0.4 is 5.32 Å². The monoisotopic (exact) mass is 211 g/mol. The molecule has 0 aromatic heterocycles. The van der Waals surface area contributed by atoms with E-state index in [1.807, 2.05) is 25.7 Å². The molecule has 1 radical (unpaired) electrons. The highest BCUT2D eigenvalue weighted by atomic mass is 16.6. The SMILES string of the molecule is CC(C)(C)OC(=O)N1C[C]2CCC1CN2. The number of fused-ring (bicyclic) bond motifs is 3. The van der Waals surface area contributed by atoms with Gasteiger partial charge in [0.1, 0.15) is 5.60 Å². The standard InChI is InChI=1S/C11H19N2O2/c1-11(2,3)15-10(14)13-7-8-4-5-9(13)6-12-8/h9,12H,4-7H2,1-3H3. The molecule has 1 N–H and O–H groups in total. The molecule has 3 aliphatic heterocycles. The summed E-state index contributed by atoms with van der Waals surface area (Å²) in [6.45, 7) is 7.31. The lowest BCUT2D eigenvalue weighted by Crippen LogP contribution is -2.59. The first-order chi connectivity index (χ1) is 6.96. The third kappa shape index (κ3) is 2.43. The zero-order valence-electron chi connectivity index (χ0n) is 9.67. The summed E-state index contributed by atoms with van der Waals surface area (Å²) in [5.41, 5.74) is -0.397. The van der Waals surface area contributed by atoms with Crippen molar-refractivity contribution in [1.82, 2.24) is 10.2 Å². The Kier molecular flexibility index (Phi) is 2.63. The van der Waals surface area contributed by atoms with Gasteiger partial charge in [0.25, 0.3) is 0 Å². The van der Waals surface area contributed by atoms with Crippen LogP contribution in [0.2, 0.25) is 0 Å². The minimum absolute atomic E-state index is 0.175. The highest BCUT2D eigenvalue weighted by Crippen LogP contribution is 2.27. The lowest BCUT2D eigenvalue weighted by Gasteiger charge is -2.45. The largest absolute Gasteiger partial charge is 0.444 e. The van der Waals surface area contributed by atoms with E-state index in [0.717, 1.165) is 25.9 Å². The minimum atomic E-state index is -0.397. The fraction of sp³-hybridized carbons (Fsp3) is 0.818. The Morgan fingerprint density at radius 2 is 2.27 bits per heavy atom. The highest BCUT2D eigenvalue weighted by molar-refractivity contribution is 5.69. The van der Waals surface area contributed by atoms with Gasteiger partial charge in [0, 0.05) is 19.1 Å². The molecule has 3 heterocycles. The zero-order chi connectivity index (χ0) is 11.1. The number of rotatable bonds is 0. The second kappa shape index (κ2) is 3.67. The van der Waals surface area contributed by atoms with Crippen LogP contribution in [0, 0.1) is 6.04 Å². The molecule has 3 rings (SSSR count). The van der Waals surface area contributed by atoms with Gasteiger partial charge in [-0.15, -0.1) is 0 Å². The van der Waals surface area contributed by atoms with Gasteiger partial charge in [-0.3, -0.25) is 0 Å². The van der Waals surface area contributed by atoms with Crippen molar-refractivity contribution in [2.45, 2.75) is 45.3 Å². The first-order valence-corrected chi connectivity index (χ1v) is 5.54. The maximum absolute atomic E-state index is 11.9. The van der Waals surface area contributed by atoms with E-state index in [0.29, 0.717) is 6.04 Å². The molecule has 2 bridgehead atoms. The van der Waals surface area contributed by atoms with E-state index in [1.54, 1.807) is 0 Å². The molecular formula is C11H19N2O2. The van der Waals surface area contributed by atoms with Crippen LogP contribution in [0.1, 0.15) is 33.6 Å². The smallest absolute Gasteiger partial charge is 0.410 e. The van der Waals surface area contributed by atoms with Crippen LogP contribution in [0.3, 0.4) is 0 Å². The Hall–Kier alpha value is -0.770. The van der Waals surface area contributed by atoms with E-state index < -0.39 is 5.60 Å². The third-order valence-corrected chi connectivity index (χ3v) is 2.80. The molecule has 3 fully saturated rings. The summed E-state index contributed by atoms with van der Waals surface area (Å²) >= 11 is 0. The number of nitrogens with zero attached hydrogens (tertiary/aromatic N) is 1. The van der Waals surface area contributed by atoms with E-state index >= 15 is 0 Å². The van der Waals surface area contributed by atoms with Crippen LogP contribution in [-0.4, -0.2) is 35.7 Å². The number of piperidine rings is 2. The molecule has 0 aliphatic carbocycles. The third-order valence-electron chi connectivity index (χ3n) is 2.80. The number of carbonyl (C=O) groups is 1. The fourth-order valence-corrected chi connectivity index (χ4v) is 2.06. The molecule has 3 saturated heterocycles. The van der Waals surface area contributed by atoms with Crippen LogP contribution >= 0.6 is 0 Å². The minimum Gasteiger partial charge on any atom is -0.444 e. The Balaban J connectivity index is 1.96. The predicted octanol–water partition coefficient (Wildman–Crippen LogP) is 1.52. The fourth-order valence-electron chi connectivity index (χ4n) is 2.06. The number of ether oxygens (including phenoxy) is 1. The topological polar surface area (TPSA) is 41.6 Å². The number of nitrogens with one attached hydrogen (secondary N) is 1. The van der Waals surface area contributed by atoms with Crippen molar-refractivity contribution in [3.63, 3.8) is 0 Å². The number of hydrogen-bond acceptors (Lipinski definition) is 3. The molecule has 3 aliphatic rings. The molecule has 85 valence electrons. The summed E-state index contributed by atoms with van der Waals surface area (Å²) in [6.07, 6.45) is 2.00. The molecule has 0 saturated carbocycles. The molecule has 1 atom stereocenters. The maximum Gasteiger partial charge on any atom is 0.410 e. The maximum atomic E-state index is 11.9. The Labute approximate surface area is 91.0 Å². The number of amides is 1. The first-order valence-electron chi connectivity index (χ1n) is 5.54. The van der Waals surface area contributed by atoms with Crippen molar-refractivity contribution in [2.24, 2.45) is 0 Å². The van der Waals surface area contributed by atoms with E-state index in [-0.39, 0.29) is 6.09 Å². The number of piperazine rings is 1. The Morgan fingerprint density at radius 1 is 1.53 bits per heavy atom. The van der Waals surface area contributed by atoms with Gasteiger partial charge in [-0.1, -0.05) is 0 Å². The lowest BCUT2D eigenvalue weighted by molar-refractivity contribution is 0.00481. The summed E-state index contributed by atoms with van der Waals surface area (Å²) in [7, 11) is 0. The van der Waals surface area contributed by atoms with Gasteiger partial charge in [0.05, 0.1) is 6.04 Å². The van der Waals surface area contributed by atoms with E-state index in [4.69, 9.17) is 4.74 Å². The van der Waals surface area contributed by atoms with Gasteiger partial charge >= 0.3 is 6.09 Å². The summed E-state index contributed by atoms with van der Waals surface area (Å²) in [6, 6.07) is 1.58. The quantitative estimate of drug-likeness (QED) is 0.660. The van der Waals surface area contributed by atoms with Crippen molar-refractivity contribution >= 4 is 6.09 Å². The summed E-state index contributed by atoms with van der Waals surface area (Å²) in [4.78, 5) is 13.7. The average molecular weight is 211 g/mol. The molecular weight excluding hydrogens is 192 g/mol. The summed E-state index contributed by atoms with van der Waals surface area (Å²) in [5, 5.41) is 3.33. The number of hydrogen-bond donors (Lipinski definition) is 1. The van der Waals surface area contributed by atoms with Gasteiger partial charge in [0.15, 0.2) is 0 Å². The van der Waals surface area contributed by atoms with Crippen LogP contribution in [0.4, 0.5) is 4.79 Å². The molecule has 4 nitrogen and oxygen atoms in total. The molecule has 4 heteroatoms. The van der Waals surface area contributed by atoms with E-state index in [1.165, 1.54) is 6.04 Å². The van der Waals surface area contributed by atoms with Crippen molar-refractivity contribution in [2.75, 3.05) is 13.1 Å². The normalized spacial score (nSPS) is 26.9. The second-order valence-corrected chi connectivity index (χ2v) is 5.29. The van der Waals surface area contributed by atoms with E-state index in [2.05, 4.69) is 5.32 Å². The van der Waals surface area contributed by atoms with Gasteiger partial charge < -0.3 is 15.0 Å². The van der Waals surface area contributed by atoms with Crippen molar-refractivity contribution in [1.29, 1.82) is 0 Å². The summed E-state index contributed by atoms with van der Waals surface area (Å²) < 4.78 is 5.38. The molecule has 1 amide bonds. The molecule has 0 aromatic rings. The van der Waals surface area contributed by atoms with Gasteiger partial charge in [-0.25, -0.2) is 4.79 Å². The number of carbonyl (C=O) groups excluding carboxylic acids is 1. The Bertz CT molecular complexity index is 252. The van der Waals surface area contributed by atoms with Gasteiger partial charge in [-0.05, 0) is 33.6 Å². The highest BCUT2D eigenvalue weighted by Gasteiger charge is 2.38. The lowest BCUT2D eigenvalue weighted by atomic mass is 9.93. The zero-order valence-corrected chi connectivity index (χ0v) is 9.67. The second-order valence-electron chi connectivity index (χ2n) is 5.29. The summed E-state index contributed by atoms with van der Waals surface area (Å²) in [5.74, 6) is 0. The van der Waals surface area contributed by atoms with Crippen molar-refractivity contribution < 1.29 is 9.53 Å². The van der Waals surface area contributed by atoms with Crippen LogP contribution in [-0.2, 0) is 4.74 Å². The Morgan fingerprint density at radius 3 is 2.67 bits per heavy atom. The predicted molar refractivity (Wildman–Crippen MR) is 57.2 cm³/mol. The van der Waals surface area contributed by atoms with Crippen molar-refractivity contribution in [3.8, 4) is 0 Å². The van der Waals surface area contributed by atoms with Gasteiger partial charge in [0.2, 0.25) is 0 Å². The van der Waals surface area contributed by atoms with Crippen LogP contribution in [0.5, 0.6) is 0 Å². The van der Waals surface area contributed by atoms with Crippen LogP contribution in [0.15, 0.2) is 0 Å². The molecule has 1 unspecified atom stereocenters. The van der Waals surface area contributed by atoms with Gasteiger partial charge in [-0.2, -0.15) is 0 Å². The molecule has 15 heavy (non-hydrogen) atoms.